The average molecular weight is 268 g/mol. The fourth-order valence-electron chi connectivity index (χ4n) is 2.03. The monoisotopic (exact) mass is 268 g/mol. The number of nitrogens with two attached hydrogens (primary N) is 1. The first-order valence-electron chi connectivity index (χ1n) is 5.61. The van der Waals surface area contributed by atoms with Gasteiger partial charge in [0.15, 0.2) is 0 Å². The molecule has 0 spiro atoms. The van der Waals surface area contributed by atoms with Gasteiger partial charge in [-0.25, -0.2) is 9.97 Å². The number of thioether (sulfide) groups is 1. The summed E-state index contributed by atoms with van der Waals surface area (Å²) < 4.78 is 0. The smallest absolute Gasteiger partial charge is 0.223 e. The molecule has 0 aromatic carbocycles. The molecule has 0 bridgehead atoms. The highest BCUT2D eigenvalue weighted by Crippen LogP contribution is 2.29. The van der Waals surface area contributed by atoms with Gasteiger partial charge >= 0.3 is 0 Å². The number of nitrogens with one attached hydrogen (secondary N) is 1. The summed E-state index contributed by atoms with van der Waals surface area (Å²) in [6.07, 6.45) is 7.45. The molecule has 17 heavy (non-hydrogen) atoms. The van der Waals surface area contributed by atoms with E-state index in [1.165, 1.54) is 19.3 Å². The minimum atomic E-state index is 0.309. The van der Waals surface area contributed by atoms with Crippen molar-refractivity contribution in [2.75, 3.05) is 11.6 Å². The summed E-state index contributed by atoms with van der Waals surface area (Å²) in [4.78, 5) is 8.79. The third kappa shape index (κ3) is 3.29. The number of hydrogen-bond donors (Lipinski definition) is 2. The van der Waals surface area contributed by atoms with Crippen LogP contribution in [-0.4, -0.2) is 32.5 Å². The van der Waals surface area contributed by atoms with Crippen molar-refractivity contribution >= 4 is 34.9 Å². The minimum Gasteiger partial charge on any atom is -0.388 e. The predicted molar refractivity (Wildman–Crippen MR) is 76.5 cm³/mol. The Bertz CT molecular complexity index is 410. The molecule has 0 aliphatic heterocycles. The summed E-state index contributed by atoms with van der Waals surface area (Å²) >= 11 is 6.83. The van der Waals surface area contributed by atoms with E-state index in [0.29, 0.717) is 22.7 Å². The molecule has 3 N–H and O–H groups in total. The van der Waals surface area contributed by atoms with Gasteiger partial charge < -0.3 is 11.1 Å². The molecule has 92 valence electrons. The van der Waals surface area contributed by atoms with Gasteiger partial charge in [0.05, 0.1) is 0 Å². The molecule has 0 saturated heterocycles. The quantitative estimate of drug-likeness (QED) is 0.812. The Balaban J connectivity index is 1.99. The molecule has 1 saturated carbocycles. The first kappa shape index (κ1) is 12.6. The van der Waals surface area contributed by atoms with Gasteiger partial charge in [0.25, 0.3) is 0 Å². The van der Waals surface area contributed by atoms with Crippen LogP contribution in [0.25, 0.3) is 0 Å². The second kappa shape index (κ2) is 5.64. The molecule has 2 atom stereocenters. The van der Waals surface area contributed by atoms with Gasteiger partial charge in [-0.3, -0.25) is 0 Å². The maximum atomic E-state index is 5.54. The molecule has 1 aliphatic carbocycles. The van der Waals surface area contributed by atoms with Crippen LogP contribution in [0.3, 0.4) is 0 Å². The van der Waals surface area contributed by atoms with Gasteiger partial charge in [-0.15, -0.1) is 0 Å². The number of aromatic nitrogens is 2. The zero-order valence-corrected chi connectivity index (χ0v) is 11.4. The summed E-state index contributed by atoms with van der Waals surface area (Å²) in [5.74, 6) is 0.627. The third-order valence-electron chi connectivity index (χ3n) is 2.96. The van der Waals surface area contributed by atoms with Gasteiger partial charge in [-0.2, -0.15) is 11.8 Å². The first-order valence-corrected chi connectivity index (χ1v) is 7.31. The number of hydrogen-bond acceptors (Lipinski definition) is 5. The van der Waals surface area contributed by atoms with Crippen molar-refractivity contribution in [3.05, 3.63) is 18.0 Å². The fourth-order valence-corrected chi connectivity index (χ4v) is 2.94. The SMILES string of the molecule is CSC1CCC(Nc2nccc(C(N)=S)n2)C1. The fraction of sp³-hybridized carbons (Fsp3) is 0.545. The molecule has 1 aromatic heterocycles. The van der Waals surface area contributed by atoms with Crippen molar-refractivity contribution in [1.82, 2.24) is 9.97 Å². The van der Waals surface area contributed by atoms with E-state index in [-0.39, 0.29) is 0 Å². The number of rotatable bonds is 4. The van der Waals surface area contributed by atoms with Crippen LogP contribution >= 0.6 is 24.0 Å². The highest BCUT2D eigenvalue weighted by molar-refractivity contribution is 7.99. The second-order valence-electron chi connectivity index (χ2n) is 4.14. The highest BCUT2D eigenvalue weighted by atomic mass is 32.2. The Hall–Kier alpha value is -0.880. The van der Waals surface area contributed by atoms with Gasteiger partial charge in [-0.1, -0.05) is 12.2 Å². The Morgan fingerprint density at radius 3 is 3.06 bits per heavy atom. The van der Waals surface area contributed by atoms with Gasteiger partial charge in [0, 0.05) is 17.5 Å². The number of anilines is 1. The van der Waals surface area contributed by atoms with Crippen LogP contribution in [0, 0.1) is 0 Å². The molecule has 1 aliphatic rings. The van der Waals surface area contributed by atoms with Crippen LogP contribution in [0.5, 0.6) is 0 Å². The molecular formula is C11H16N4S2. The van der Waals surface area contributed by atoms with Gasteiger partial charge in [0.1, 0.15) is 10.7 Å². The Morgan fingerprint density at radius 2 is 2.41 bits per heavy atom. The van der Waals surface area contributed by atoms with E-state index in [0.717, 1.165) is 5.25 Å². The van der Waals surface area contributed by atoms with E-state index >= 15 is 0 Å². The summed E-state index contributed by atoms with van der Waals surface area (Å²) in [7, 11) is 0. The molecule has 1 heterocycles. The van der Waals surface area contributed by atoms with Crippen molar-refractivity contribution in [3.8, 4) is 0 Å². The average Bonchev–Trinajstić information content (AvgIpc) is 2.77. The molecule has 4 nitrogen and oxygen atoms in total. The Labute approximate surface area is 111 Å². The normalized spacial score (nSPS) is 23.6. The van der Waals surface area contributed by atoms with Gasteiger partial charge in [0.2, 0.25) is 5.95 Å². The lowest BCUT2D eigenvalue weighted by Crippen LogP contribution is -2.19. The molecule has 0 radical (unpaired) electrons. The van der Waals surface area contributed by atoms with Crippen molar-refractivity contribution < 1.29 is 0 Å². The third-order valence-corrected chi connectivity index (χ3v) is 4.26. The molecule has 1 aromatic rings. The molecule has 2 unspecified atom stereocenters. The zero-order valence-electron chi connectivity index (χ0n) is 9.72. The molecule has 1 fully saturated rings. The van der Waals surface area contributed by atoms with E-state index in [1.807, 2.05) is 11.8 Å². The molecule has 0 amide bonds. The van der Waals surface area contributed by atoms with Crippen LogP contribution in [-0.2, 0) is 0 Å². The zero-order chi connectivity index (χ0) is 12.3. The van der Waals surface area contributed by atoms with Crippen molar-refractivity contribution in [2.45, 2.75) is 30.6 Å². The van der Waals surface area contributed by atoms with Crippen molar-refractivity contribution in [1.29, 1.82) is 0 Å². The number of nitrogens with zero attached hydrogens (tertiary/aromatic N) is 2. The summed E-state index contributed by atoms with van der Waals surface area (Å²) in [5.41, 5.74) is 6.17. The summed E-state index contributed by atoms with van der Waals surface area (Å²) in [5, 5.41) is 4.11. The second-order valence-corrected chi connectivity index (χ2v) is 5.72. The minimum absolute atomic E-state index is 0.309. The standard InChI is InChI=1S/C11H16N4S2/c1-17-8-3-2-7(6-8)14-11-13-5-4-9(15-11)10(12)16/h4-5,7-8H,2-3,6H2,1H3,(H2,12,16)(H,13,14,15). The van der Waals surface area contributed by atoms with Crippen LogP contribution in [0.4, 0.5) is 5.95 Å². The van der Waals surface area contributed by atoms with Crippen LogP contribution in [0.15, 0.2) is 12.3 Å². The van der Waals surface area contributed by atoms with E-state index in [1.54, 1.807) is 12.3 Å². The highest BCUT2D eigenvalue weighted by Gasteiger charge is 2.24. The van der Waals surface area contributed by atoms with Crippen LogP contribution in [0.2, 0.25) is 0 Å². The van der Waals surface area contributed by atoms with Gasteiger partial charge in [-0.05, 0) is 31.6 Å². The molecule has 6 heteroatoms. The molecular weight excluding hydrogens is 252 g/mol. The Kier molecular flexibility index (Phi) is 4.17. The van der Waals surface area contributed by atoms with E-state index in [4.69, 9.17) is 18.0 Å². The lowest BCUT2D eigenvalue weighted by Gasteiger charge is -2.12. The largest absolute Gasteiger partial charge is 0.388 e. The van der Waals surface area contributed by atoms with E-state index < -0.39 is 0 Å². The van der Waals surface area contributed by atoms with Crippen LogP contribution in [0.1, 0.15) is 25.0 Å². The maximum absolute atomic E-state index is 5.54. The lowest BCUT2D eigenvalue weighted by molar-refractivity contribution is 0.745. The summed E-state index contributed by atoms with van der Waals surface area (Å²) in [6, 6.07) is 2.20. The van der Waals surface area contributed by atoms with Crippen molar-refractivity contribution in [2.24, 2.45) is 5.73 Å². The summed E-state index contributed by atoms with van der Waals surface area (Å²) in [6.45, 7) is 0. The van der Waals surface area contributed by atoms with E-state index in [9.17, 15) is 0 Å². The molecule has 2 rings (SSSR count). The lowest BCUT2D eigenvalue weighted by atomic mass is 10.2. The first-order chi connectivity index (χ1) is 8.19. The Morgan fingerprint density at radius 1 is 1.59 bits per heavy atom. The number of thiocarbonyl (C=S) groups is 1. The van der Waals surface area contributed by atoms with Crippen LogP contribution < -0.4 is 11.1 Å². The maximum Gasteiger partial charge on any atom is 0.223 e. The predicted octanol–water partition coefficient (Wildman–Crippen LogP) is 1.81. The van der Waals surface area contributed by atoms with E-state index in [2.05, 4.69) is 21.5 Å². The topological polar surface area (TPSA) is 63.8 Å². The van der Waals surface area contributed by atoms with Crippen molar-refractivity contribution in [3.63, 3.8) is 0 Å².